The quantitative estimate of drug-likeness (QED) is 0.389. The molecule has 1 aromatic heterocycles. The molecule has 3 atom stereocenters. The first-order valence-electron chi connectivity index (χ1n) is 12.5. The molecular formula is C28H33FN3O4S+. The first kappa shape index (κ1) is 25.8. The van der Waals surface area contributed by atoms with E-state index in [0.29, 0.717) is 30.7 Å². The minimum Gasteiger partial charge on any atom is -0.469 e. The molecule has 1 aliphatic carbocycles. The van der Waals surface area contributed by atoms with Crippen LogP contribution in [0, 0.1) is 17.2 Å². The van der Waals surface area contributed by atoms with E-state index in [9.17, 15) is 17.9 Å². The Morgan fingerprint density at radius 1 is 1.16 bits per heavy atom. The number of esters is 1. The number of carbonyl (C=O) groups is 1. The molecule has 9 heteroatoms. The Hall–Kier alpha value is -2.88. The Morgan fingerprint density at radius 3 is 2.46 bits per heavy atom. The van der Waals surface area contributed by atoms with Gasteiger partial charge in [-0.1, -0.05) is 37.2 Å². The van der Waals surface area contributed by atoms with E-state index in [0.717, 1.165) is 22.5 Å². The van der Waals surface area contributed by atoms with Gasteiger partial charge in [0.1, 0.15) is 5.82 Å². The summed E-state index contributed by atoms with van der Waals surface area (Å²) in [6, 6.07) is 13.4. The van der Waals surface area contributed by atoms with Crippen LogP contribution < -0.4 is 0 Å². The number of fused-ring (bicyclic) bond motifs is 2. The van der Waals surface area contributed by atoms with E-state index in [4.69, 9.17) is 4.74 Å². The van der Waals surface area contributed by atoms with Crippen molar-refractivity contribution in [2.75, 3.05) is 20.2 Å². The minimum atomic E-state index is -3.55. The molecule has 0 radical (unpaired) electrons. The molecule has 0 amide bonds. The third kappa shape index (κ3) is 4.43. The number of ether oxygens (including phenoxy) is 1. The highest BCUT2D eigenvalue weighted by Gasteiger charge is 2.58. The molecule has 1 aliphatic heterocycles. The largest absolute Gasteiger partial charge is 0.469 e. The van der Waals surface area contributed by atoms with Crippen molar-refractivity contribution in [2.24, 2.45) is 11.3 Å². The Kier molecular flexibility index (Phi) is 6.37. The fourth-order valence-corrected chi connectivity index (χ4v) is 7.29. The lowest BCUT2D eigenvalue weighted by molar-refractivity contribution is -0.160. The number of piperidine rings is 1. The predicted molar refractivity (Wildman–Crippen MR) is 139 cm³/mol. The molecule has 3 aromatic rings. The van der Waals surface area contributed by atoms with Gasteiger partial charge in [-0.3, -0.25) is 4.79 Å². The van der Waals surface area contributed by atoms with Crippen LogP contribution in [-0.4, -0.2) is 44.8 Å². The van der Waals surface area contributed by atoms with Gasteiger partial charge >= 0.3 is 16.4 Å². The van der Waals surface area contributed by atoms with E-state index < -0.39 is 15.8 Å². The van der Waals surface area contributed by atoms with E-state index in [-0.39, 0.29) is 29.7 Å². The number of nitrogens with zero attached hydrogens (tertiary/aromatic N) is 3. The highest BCUT2D eigenvalue weighted by atomic mass is 32.3. The van der Waals surface area contributed by atoms with E-state index >= 15 is 0 Å². The standard InChI is InChI=1S/C28H32FN3O4S/c1-27(2,3)20-5-11-24(12-6-20)37(34,35)31-14-13-21-15-25-19(16-28(21,18-31)26(33)36-4)17-30-32(25)23-9-7-22(29)8-10-23/h5-12,17,21H,13-16,18H2,1-4H3/p+1/t21-,28?/m0/s1. The van der Waals surface area contributed by atoms with Crippen LogP contribution >= 0.6 is 0 Å². The van der Waals surface area contributed by atoms with Crippen molar-refractivity contribution in [3.8, 4) is 5.69 Å². The Labute approximate surface area is 218 Å². The maximum absolute atomic E-state index is 13.8. The molecule has 2 aliphatic rings. The first-order valence-corrected chi connectivity index (χ1v) is 14.0. The third-order valence-corrected chi connectivity index (χ3v) is 9.81. The summed E-state index contributed by atoms with van der Waals surface area (Å²) in [7, 11) is -2.19. The molecule has 196 valence electrons. The Morgan fingerprint density at radius 2 is 1.84 bits per heavy atom. The number of methoxy groups -OCH3 is 1. The second-order valence-corrected chi connectivity index (χ2v) is 13.1. The first-order chi connectivity index (χ1) is 17.5. The lowest BCUT2D eigenvalue weighted by Crippen LogP contribution is -2.59. The smallest absolute Gasteiger partial charge is 0.325 e. The molecule has 1 saturated heterocycles. The Bertz CT molecular complexity index is 1360. The zero-order valence-corrected chi connectivity index (χ0v) is 22.4. The molecule has 2 heterocycles. The Balaban J connectivity index is 1.47. The number of rotatable bonds is 4. The zero-order chi connectivity index (χ0) is 26.6. The van der Waals surface area contributed by atoms with Crippen molar-refractivity contribution in [1.82, 2.24) is 14.1 Å². The molecule has 2 aromatic carbocycles. The number of carbonyl (C=O) groups excluding carboxylic acids is 1. The summed E-state index contributed by atoms with van der Waals surface area (Å²) >= 11 is 0. The molecule has 0 bridgehead atoms. The van der Waals surface area contributed by atoms with Gasteiger partial charge in [-0.25, -0.2) is 9.07 Å². The fourth-order valence-electron chi connectivity index (χ4n) is 5.75. The van der Waals surface area contributed by atoms with Gasteiger partial charge in [0.2, 0.25) is 4.90 Å². The van der Waals surface area contributed by atoms with Crippen molar-refractivity contribution in [1.29, 1.82) is 0 Å². The van der Waals surface area contributed by atoms with Crippen LogP contribution in [0.5, 0.6) is 0 Å². The van der Waals surface area contributed by atoms with E-state index in [1.165, 1.54) is 19.2 Å². The molecule has 37 heavy (non-hydrogen) atoms. The van der Waals surface area contributed by atoms with Gasteiger partial charge in [-0.15, -0.1) is 0 Å². The lowest BCUT2D eigenvalue weighted by Gasteiger charge is -2.46. The fraction of sp³-hybridized carbons (Fsp3) is 0.429. The SMILES string of the molecule is COC(=O)C12Cc3cnn(-c4ccc(F)cc4)c3C[C@@H]1CCN([S+](=O)(O)c1ccc(C(C)(C)C)cc1)C2. The van der Waals surface area contributed by atoms with Crippen molar-refractivity contribution < 1.29 is 22.7 Å². The summed E-state index contributed by atoms with van der Waals surface area (Å²) in [6.45, 7) is 6.78. The van der Waals surface area contributed by atoms with Crippen molar-refractivity contribution in [3.05, 3.63) is 77.4 Å². The van der Waals surface area contributed by atoms with E-state index in [1.807, 2.05) is 12.1 Å². The van der Waals surface area contributed by atoms with E-state index in [1.54, 1.807) is 39.4 Å². The van der Waals surface area contributed by atoms with Crippen LogP contribution in [0.2, 0.25) is 0 Å². The van der Waals surface area contributed by atoms with Crippen LogP contribution in [0.1, 0.15) is 44.0 Å². The van der Waals surface area contributed by atoms with Gasteiger partial charge in [0, 0.05) is 12.2 Å². The summed E-state index contributed by atoms with van der Waals surface area (Å²) in [4.78, 5) is 13.7. The van der Waals surface area contributed by atoms with Crippen LogP contribution in [0.4, 0.5) is 4.39 Å². The van der Waals surface area contributed by atoms with Crippen LogP contribution in [0.15, 0.2) is 59.6 Å². The average Bonchev–Trinajstić information content (AvgIpc) is 3.28. The van der Waals surface area contributed by atoms with Crippen LogP contribution in [-0.2, 0) is 42.4 Å². The summed E-state index contributed by atoms with van der Waals surface area (Å²) in [5.74, 6) is -0.777. The molecule has 2 unspecified atom stereocenters. The number of benzene rings is 2. The highest BCUT2D eigenvalue weighted by molar-refractivity contribution is 7.95. The predicted octanol–water partition coefficient (Wildman–Crippen LogP) is 4.84. The maximum atomic E-state index is 13.8. The topological polar surface area (TPSA) is 84.7 Å². The normalized spacial score (nSPS) is 23.6. The summed E-state index contributed by atoms with van der Waals surface area (Å²) in [5, 5.41) is 4.54. The second kappa shape index (κ2) is 9.15. The number of hydrogen-bond acceptors (Lipinski definition) is 4. The average molecular weight is 527 g/mol. The minimum absolute atomic E-state index is 0.0691. The molecule has 0 spiro atoms. The molecule has 5 rings (SSSR count). The van der Waals surface area contributed by atoms with E-state index in [2.05, 4.69) is 25.9 Å². The second-order valence-electron chi connectivity index (χ2n) is 11.2. The van der Waals surface area contributed by atoms with Gasteiger partial charge in [-0.05, 0) is 82.3 Å². The molecule has 1 fully saturated rings. The van der Waals surface area contributed by atoms with Crippen molar-refractivity contribution >= 4 is 16.4 Å². The molecule has 7 nitrogen and oxygen atoms in total. The maximum Gasteiger partial charge on any atom is 0.325 e. The molecular weight excluding hydrogens is 493 g/mol. The third-order valence-electron chi connectivity index (χ3n) is 7.91. The van der Waals surface area contributed by atoms with Gasteiger partial charge in [0.25, 0.3) is 0 Å². The van der Waals surface area contributed by atoms with Gasteiger partial charge < -0.3 is 4.74 Å². The monoisotopic (exact) mass is 526 g/mol. The van der Waals surface area contributed by atoms with Gasteiger partial charge in [0.05, 0.1) is 31.0 Å². The summed E-state index contributed by atoms with van der Waals surface area (Å²) in [6.07, 6.45) is 3.22. The van der Waals surface area contributed by atoms with Crippen LogP contribution in [0.3, 0.4) is 0 Å². The van der Waals surface area contributed by atoms with Gasteiger partial charge in [-0.2, -0.15) is 9.65 Å². The van der Waals surface area contributed by atoms with Crippen molar-refractivity contribution in [2.45, 2.75) is 50.3 Å². The van der Waals surface area contributed by atoms with Gasteiger partial charge in [0.15, 0.2) is 0 Å². The summed E-state index contributed by atoms with van der Waals surface area (Å²) in [5.41, 5.74) is 2.67. The molecule has 0 saturated carbocycles. The number of aromatic nitrogens is 2. The highest BCUT2D eigenvalue weighted by Crippen LogP contribution is 2.48. The number of halogens is 1. The van der Waals surface area contributed by atoms with Crippen LogP contribution in [0.25, 0.3) is 5.69 Å². The summed E-state index contributed by atoms with van der Waals surface area (Å²) < 4.78 is 47.2. The lowest BCUT2D eigenvalue weighted by atomic mass is 9.63. The number of hydrogen-bond donors (Lipinski definition) is 1. The zero-order valence-electron chi connectivity index (χ0n) is 21.6. The van der Waals surface area contributed by atoms with Crippen molar-refractivity contribution in [3.63, 3.8) is 0 Å². The molecule has 1 N–H and O–H groups in total.